The first-order chi connectivity index (χ1) is 16.7. The minimum absolute atomic E-state index is 0.161. The third-order valence-corrected chi connectivity index (χ3v) is 5.43. The average molecular weight is 487 g/mol. The molecule has 0 atom stereocenters. The van der Waals surface area contributed by atoms with Gasteiger partial charge in [0.25, 0.3) is 0 Å². The number of hydrogen-bond acceptors (Lipinski definition) is 8. The third kappa shape index (κ3) is 6.28. The summed E-state index contributed by atoms with van der Waals surface area (Å²) in [4.78, 5) is 28.4. The normalized spacial score (nSPS) is 14.0. The number of nitrogens with one attached hydrogen (secondary N) is 2. The highest BCUT2D eigenvalue weighted by atomic mass is 19.4. The molecule has 9 nitrogen and oxygen atoms in total. The summed E-state index contributed by atoms with van der Waals surface area (Å²) in [7, 11) is 0. The fraction of sp³-hybridized carbons (Fsp3) is 0.304. The standard InChI is InChI=1S/C23H24F3N7O2/c1-15-19(29-16(2)34)7-4-8-20(15)30-21-27-14-28-22(31-21)33-11-9-32(10-12-33)17-5-3-6-18(13-17)35-23(24,25)26/h3-8,13-14H,9-12H2,1-2H3,(H,29,34)(H,27,28,30,31). The van der Waals surface area contributed by atoms with Gasteiger partial charge in [-0.3, -0.25) is 4.79 Å². The van der Waals surface area contributed by atoms with E-state index in [-0.39, 0.29) is 11.7 Å². The number of alkyl halides is 3. The van der Waals surface area contributed by atoms with E-state index in [2.05, 4.69) is 30.3 Å². The molecule has 3 aromatic rings. The fourth-order valence-electron chi connectivity index (χ4n) is 3.76. The predicted molar refractivity (Wildman–Crippen MR) is 126 cm³/mol. The van der Waals surface area contributed by atoms with Crippen molar-refractivity contribution >= 4 is 34.9 Å². The lowest BCUT2D eigenvalue weighted by atomic mass is 10.1. The number of anilines is 5. The van der Waals surface area contributed by atoms with Crippen molar-refractivity contribution in [2.75, 3.05) is 46.6 Å². The van der Waals surface area contributed by atoms with Crippen molar-refractivity contribution in [1.82, 2.24) is 15.0 Å². The van der Waals surface area contributed by atoms with Gasteiger partial charge in [0.05, 0.1) is 0 Å². The Bertz CT molecular complexity index is 1200. The molecule has 0 aliphatic carbocycles. The first kappa shape index (κ1) is 24.0. The van der Waals surface area contributed by atoms with Crippen LogP contribution in [0.3, 0.4) is 0 Å². The second-order valence-electron chi connectivity index (χ2n) is 7.91. The van der Waals surface area contributed by atoms with Crippen LogP contribution in [0.15, 0.2) is 48.8 Å². The van der Waals surface area contributed by atoms with E-state index in [9.17, 15) is 18.0 Å². The van der Waals surface area contributed by atoms with Crippen LogP contribution in [0.1, 0.15) is 12.5 Å². The summed E-state index contributed by atoms with van der Waals surface area (Å²) < 4.78 is 41.6. The predicted octanol–water partition coefficient (Wildman–Crippen LogP) is 4.11. The molecule has 1 amide bonds. The lowest BCUT2D eigenvalue weighted by Gasteiger charge is -2.36. The first-order valence-electron chi connectivity index (χ1n) is 10.9. The maximum absolute atomic E-state index is 12.5. The molecule has 1 saturated heterocycles. The van der Waals surface area contributed by atoms with Gasteiger partial charge in [-0.2, -0.15) is 4.98 Å². The van der Waals surface area contributed by atoms with Crippen LogP contribution in [0.2, 0.25) is 0 Å². The van der Waals surface area contributed by atoms with Gasteiger partial charge in [-0.05, 0) is 36.8 Å². The van der Waals surface area contributed by atoms with E-state index in [1.165, 1.54) is 31.5 Å². The molecule has 1 aliphatic rings. The van der Waals surface area contributed by atoms with Crippen LogP contribution in [-0.4, -0.2) is 53.4 Å². The van der Waals surface area contributed by atoms with Crippen LogP contribution in [0.4, 0.5) is 42.1 Å². The van der Waals surface area contributed by atoms with Gasteiger partial charge < -0.3 is 25.2 Å². The van der Waals surface area contributed by atoms with Gasteiger partial charge in [0, 0.05) is 56.2 Å². The van der Waals surface area contributed by atoms with Gasteiger partial charge in [-0.15, -0.1) is 13.2 Å². The second kappa shape index (κ2) is 10.0. The highest BCUT2D eigenvalue weighted by molar-refractivity contribution is 5.90. The van der Waals surface area contributed by atoms with Crippen LogP contribution >= 0.6 is 0 Å². The second-order valence-corrected chi connectivity index (χ2v) is 7.91. The summed E-state index contributed by atoms with van der Waals surface area (Å²) in [5.41, 5.74) is 2.94. The van der Waals surface area contributed by atoms with Crippen molar-refractivity contribution in [3.63, 3.8) is 0 Å². The number of aromatic nitrogens is 3. The maximum Gasteiger partial charge on any atom is 0.573 e. The molecule has 0 saturated carbocycles. The fourth-order valence-corrected chi connectivity index (χ4v) is 3.76. The topological polar surface area (TPSA) is 95.5 Å². The Balaban J connectivity index is 1.41. The van der Waals surface area contributed by atoms with E-state index < -0.39 is 6.36 Å². The maximum atomic E-state index is 12.5. The molecule has 1 fully saturated rings. The molecule has 0 bridgehead atoms. The number of carbonyl (C=O) groups excluding carboxylic acids is 1. The number of halogens is 3. The zero-order valence-corrected chi connectivity index (χ0v) is 19.1. The Morgan fingerprint density at radius 1 is 1.00 bits per heavy atom. The van der Waals surface area contributed by atoms with Crippen molar-refractivity contribution < 1.29 is 22.7 Å². The molecule has 4 rings (SSSR count). The molecule has 184 valence electrons. The zero-order chi connectivity index (χ0) is 25.0. The van der Waals surface area contributed by atoms with Crippen molar-refractivity contribution in [3.8, 4) is 5.75 Å². The number of nitrogens with zero attached hydrogens (tertiary/aromatic N) is 5. The van der Waals surface area contributed by atoms with Crippen LogP contribution in [-0.2, 0) is 4.79 Å². The molecular formula is C23H24F3N7O2. The highest BCUT2D eigenvalue weighted by Gasteiger charge is 2.31. The average Bonchev–Trinajstić information content (AvgIpc) is 2.81. The van der Waals surface area contributed by atoms with Gasteiger partial charge >= 0.3 is 6.36 Å². The summed E-state index contributed by atoms with van der Waals surface area (Å²) >= 11 is 0. The van der Waals surface area contributed by atoms with Crippen molar-refractivity contribution in [1.29, 1.82) is 0 Å². The molecule has 1 aromatic heterocycles. The molecule has 2 N–H and O–H groups in total. The summed E-state index contributed by atoms with van der Waals surface area (Å²) in [6.45, 7) is 5.62. The number of piperazine rings is 1. The van der Waals surface area contributed by atoms with Crippen molar-refractivity contribution in [2.24, 2.45) is 0 Å². The lowest BCUT2D eigenvalue weighted by molar-refractivity contribution is -0.274. The molecule has 0 unspecified atom stereocenters. The van der Waals surface area contributed by atoms with E-state index in [4.69, 9.17) is 0 Å². The Kier molecular flexibility index (Phi) is 6.90. The molecule has 35 heavy (non-hydrogen) atoms. The smallest absolute Gasteiger partial charge is 0.406 e. The molecule has 12 heteroatoms. The Morgan fingerprint density at radius 3 is 2.40 bits per heavy atom. The summed E-state index contributed by atoms with van der Waals surface area (Å²) in [6.07, 6.45) is -3.31. The van der Waals surface area contributed by atoms with Gasteiger partial charge in [-0.1, -0.05) is 12.1 Å². The molecule has 0 radical (unpaired) electrons. The summed E-state index contributed by atoms with van der Waals surface area (Å²) in [5.74, 6) is 0.444. The third-order valence-electron chi connectivity index (χ3n) is 5.43. The van der Waals surface area contributed by atoms with E-state index in [0.717, 1.165) is 11.3 Å². The lowest BCUT2D eigenvalue weighted by Crippen LogP contribution is -2.47. The molecular weight excluding hydrogens is 463 g/mol. The van der Waals surface area contributed by atoms with E-state index in [0.29, 0.717) is 49.5 Å². The Morgan fingerprint density at radius 2 is 1.69 bits per heavy atom. The summed E-state index contributed by atoms with van der Waals surface area (Å²) in [6, 6.07) is 11.4. The number of benzene rings is 2. The number of amides is 1. The summed E-state index contributed by atoms with van der Waals surface area (Å²) in [5, 5.41) is 5.95. The highest BCUT2D eigenvalue weighted by Crippen LogP contribution is 2.28. The van der Waals surface area contributed by atoms with Crippen LogP contribution in [0.5, 0.6) is 5.75 Å². The van der Waals surface area contributed by atoms with Gasteiger partial charge in [0.2, 0.25) is 17.8 Å². The number of ether oxygens (including phenoxy) is 1. The quantitative estimate of drug-likeness (QED) is 0.537. The Labute approximate surface area is 200 Å². The number of carbonyl (C=O) groups is 1. The van der Waals surface area contributed by atoms with Crippen molar-refractivity contribution in [2.45, 2.75) is 20.2 Å². The number of rotatable bonds is 6. The van der Waals surface area contributed by atoms with E-state index in [1.54, 1.807) is 6.07 Å². The minimum Gasteiger partial charge on any atom is -0.406 e. The van der Waals surface area contributed by atoms with Gasteiger partial charge in [-0.25, -0.2) is 9.97 Å². The minimum atomic E-state index is -4.73. The zero-order valence-electron chi connectivity index (χ0n) is 19.1. The first-order valence-corrected chi connectivity index (χ1v) is 10.9. The number of hydrogen-bond donors (Lipinski definition) is 2. The monoisotopic (exact) mass is 487 g/mol. The van der Waals surface area contributed by atoms with Gasteiger partial charge in [0.15, 0.2) is 0 Å². The Hall–Kier alpha value is -4.09. The van der Waals surface area contributed by atoms with Crippen LogP contribution < -0.4 is 25.2 Å². The molecule has 1 aliphatic heterocycles. The van der Waals surface area contributed by atoms with E-state index >= 15 is 0 Å². The van der Waals surface area contributed by atoms with E-state index in [1.807, 2.05) is 34.9 Å². The molecule has 2 aromatic carbocycles. The SMILES string of the molecule is CC(=O)Nc1cccc(Nc2ncnc(N3CCN(c4cccc(OC(F)(F)F)c4)CC3)n2)c1C. The van der Waals surface area contributed by atoms with Crippen LogP contribution in [0.25, 0.3) is 0 Å². The van der Waals surface area contributed by atoms with Crippen LogP contribution in [0, 0.1) is 6.92 Å². The molecule has 0 spiro atoms. The largest absolute Gasteiger partial charge is 0.573 e. The van der Waals surface area contributed by atoms with Crippen molar-refractivity contribution in [3.05, 3.63) is 54.4 Å². The molecule has 2 heterocycles. The van der Waals surface area contributed by atoms with Gasteiger partial charge in [0.1, 0.15) is 12.1 Å².